The largest absolute Gasteiger partial charge is 0.490 e. The maximum Gasteiger partial charge on any atom is 0.240 e. The van der Waals surface area contributed by atoms with E-state index in [4.69, 9.17) is 4.74 Å². The van der Waals surface area contributed by atoms with Crippen molar-refractivity contribution in [3.8, 4) is 5.75 Å². The maximum atomic E-state index is 11.4. The van der Waals surface area contributed by atoms with Gasteiger partial charge < -0.3 is 4.74 Å². The summed E-state index contributed by atoms with van der Waals surface area (Å²) in [7, 11) is -1.99. The van der Waals surface area contributed by atoms with Crippen LogP contribution in [0.15, 0.2) is 41.8 Å². The molecule has 0 unspecified atom stereocenters. The van der Waals surface area contributed by atoms with Crippen molar-refractivity contribution in [1.82, 2.24) is 4.72 Å². The van der Waals surface area contributed by atoms with Crippen LogP contribution in [-0.2, 0) is 10.0 Å². The third-order valence-corrected chi connectivity index (χ3v) is 3.20. The lowest BCUT2D eigenvalue weighted by Crippen LogP contribution is -2.18. The van der Waals surface area contributed by atoms with Gasteiger partial charge in [-0.25, -0.2) is 13.1 Å². The third kappa shape index (κ3) is 3.07. The van der Waals surface area contributed by atoms with Crippen LogP contribution in [0.5, 0.6) is 5.75 Å². The van der Waals surface area contributed by atoms with E-state index in [0.717, 1.165) is 0 Å². The highest BCUT2D eigenvalue weighted by Gasteiger charge is 2.10. The Balaban J connectivity index is 2.85. The van der Waals surface area contributed by atoms with E-state index in [9.17, 15) is 8.42 Å². The summed E-state index contributed by atoms with van der Waals surface area (Å²) in [6.07, 6.45) is 1.62. The Morgan fingerprint density at radius 1 is 1.40 bits per heavy atom. The second kappa shape index (κ2) is 4.95. The predicted octanol–water partition coefficient (Wildman–Crippen LogP) is 1.16. The summed E-state index contributed by atoms with van der Waals surface area (Å²) in [4.78, 5) is 0.218. The molecule has 1 N–H and O–H groups in total. The zero-order valence-corrected chi connectivity index (χ0v) is 9.25. The van der Waals surface area contributed by atoms with Gasteiger partial charge in [0, 0.05) is 0 Å². The SMILES string of the molecule is C=CCOc1ccc(S(=O)(=O)NC)cc1. The first-order valence-electron chi connectivity index (χ1n) is 4.37. The van der Waals surface area contributed by atoms with Crippen LogP contribution in [0.3, 0.4) is 0 Å². The predicted molar refractivity (Wildman–Crippen MR) is 58.4 cm³/mol. The fraction of sp³-hybridized carbons (Fsp3) is 0.200. The zero-order valence-electron chi connectivity index (χ0n) is 8.43. The Morgan fingerprint density at radius 2 is 2.00 bits per heavy atom. The van der Waals surface area contributed by atoms with Crippen LogP contribution < -0.4 is 9.46 Å². The minimum Gasteiger partial charge on any atom is -0.490 e. The molecule has 82 valence electrons. The molecule has 0 saturated heterocycles. The summed E-state index contributed by atoms with van der Waals surface area (Å²) in [6.45, 7) is 3.92. The first kappa shape index (κ1) is 11.7. The summed E-state index contributed by atoms with van der Waals surface area (Å²) < 4.78 is 30.2. The number of hydrogen-bond donors (Lipinski definition) is 1. The fourth-order valence-corrected chi connectivity index (χ4v) is 1.72. The molecule has 0 bridgehead atoms. The molecule has 0 spiro atoms. The number of rotatable bonds is 5. The van der Waals surface area contributed by atoms with Gasteiger partial charge in [-0.05, 0) is 31.3 Å². The number of hydrogen-bond acceptors (Lipinski definition) is 3. The first-order valence-corrected chi connectivity index (χ1v) is 5.86. The lowest BCUT2D eigenvalue weighted by Gasteiger charge is -2.05. The molecule has 0 saturated carbocycles. The van der Waals surface area contributed by atoms with Crippen LogP contribution in [0.4, 0.5) is 0 Å². The Bertz CT molecular complexity index is 422. The third-order valence-electron chi connectivity index (χ3n) is 1.77. The molecule has 4 nitrogen and oxygen atoms in total. The average molecular weight is 227 g/mol. The van der Waals surface area contributed by atoms with E-state index < -0.39 is 10.0 Å². The van der Waals surface area contributed by atoms with Gasteiger partial charge in [-0.3, -0.25) is 0 Å². The van der Waals surface area contributed by atoms with Gasteiger partial charge in [-0.1, -0.05) is 12.7 Å². The van der Waals surface area contributed by atoms with Crippen LogP contribution >= 0.6 is 0 Å². The van der Waals surface area contributed by atoms with Gasteiger partial charge in [-0.2, -0.15) is 0 Å². The molecule has 0 atom stereocenters. The molecule has 1 aromatic rings. The summed E-state index contributed by atoms with van der Waals surface area (Å²) in [5, 5.41) is 0. The van der Waals surface area contributed by atoms with Gasteiger partial charge in [0.2, 0.25) is 10.0 Å². The van der Waals surface area contributed by atoms with Crippen molar-refractivity contribution in [2.24, 2.45) is 0 Å². The molecule has 0 aliphatic rings. The quantitative estimate of drug-likeness (QED) is 0.768. The van der Waals surface area contributed by atoms with Crippen molar-refractivity contribution >= 4 is 10.0 Å². The van der Waals surface area contributed by atoms with E-state index in [0.29, 0.717) is 12.4 Å². The normalized spacial score (nSPS) is 11.0. The smallest absolute Gasteiger partial charge is 0.240 e. The van der Waals surface area contributed by atoms with E-state index in [-0.39, 0.29) is 4.90 Å². The van der Waals surface area contributed by atoms with E-state index in [1.54, 1.807) is 18.2 Å². The minimum atomic E-state index is -3.36. The summed E-state index contributed by atoms with van der Waals surface area (Å²) in [5.74, 6) is 0.616. The van der Waals surface area contributed by atoms with Crippen LogP contribution in [0.2, 0.25) is 0 Å². The van der Waals surface area contributed by atoms with Crippen LogP contribution in [0.25, 0.3) is 0 Å². The topological polar surface area (TPSA) is 55.4 Å². The Morgan fingerprint density at radius 3 is 2.47 bits per heavy atom. The van der Waals surface area contributed by atoms with Gasteiger partial charge in [0.05, 0.1) is 4.90 Å². The monoisotopic (exact) mass is 227 g/mol. The molecule has 0 amide bonds. The number of nitrogens with one attached hydrogen (secondary N) is 1. The average Bonchev–Trinajstić information content (AvgIpc) is 2.27. The molecule has 0 aromatic heterocycles. The van der Waals surface area contributed by atoms with Gasteiger partial charge in [0.15, 0.2) is 0 Å². The first-order chi connectivity index (χ1) is 7.10. The molecule has 15 heavy (non-hydrogen) atoms. The second-order valence-electron chi connectivity index (χ2n) is 2.78. The van der Waals surface area contributed by atoms with E-state index in [1.165, 1.54) is 19.2 Å². The molecule has 0 fully saturated rings. The summed E-state index contributed by atoms with van der Waals surface area (Å²) in [6, 6.07) is 6.19. The molecule has 1 aromatic carbocycles. The van der Waals surface area contributed by atoms with Crippen molar-refractivity contribution in [1.29, 1.82) is 0 Å². The number of ether oxygens (including phenoxy) is 1. The van der Waals surface area contributed by atoms with Gasteiger partial charge >= 0.3 is 0 Å². The van der Waals surface area contributed by atoms with Crippen molar-refractivity contribution in [2.75, 3.05) is 13.7 Å². The standard InChI is InChI=1S/C10H13NO3S/c1-3-8-14-9-4-6-10(7-5-9)15(12,13)11-2/h3-7,11H,1,8H2,2H3. The zero-order chi connectivity index (χ0) is 11.3. The van der Waals surface area contributed by atoms with E-state index in [1.807, 2.05) is 0 Å². The van der Waals surface area contributed by atoms with Gasteiger partial charge in [0.1, 0.15) is 12.4 Å². The second-order valence-corrected chi connectivity index (χ2v) is 4.67. The molecule has 0 aliphatic carbocycles. The van der Waals surface area contributed by atoms with Crippen molar-refractivity contribution < 1.29 is 13.2 Å². The van der Waals surface area contributed by atoms with Crippen LogP contribution in [0, 0.1) is 0 Å². The molecule has 0 heterocycles. The fourth-order valence-electron chi connectivity index (χ4n) is 0.988. The van der Waals surface area contributed by atoms with Crippen LogP contribution in [-0.4, -0.2) is 22.1 Å². The molecular formula is C10H13NO3S. The molecule has 0 radical (unpaired) electrons. The van der Waals surface area contributed by atoms with Crippen molar-refractivity contribution in [2.45, 2.75) is 4.90 Å². The van der Waals surface area contributed by atoms with Crippen molar-refractivity contribution in [3.05, 3.63) is 36.9 Å². The van der Waals surface area contributed by atoms with E-state index in [2.05, 4.69) is 11.3 Å². The van der Waals surface area contributed by atoms with Gasteiger partial charge in [0.25, 0.3) is 0 Å². The van der Waals surface area contributed by atoms with Crippen LogP contribution in [0.1, 0.15) is 0 Å². The molecule has 1 rings (SSSR count). The number of benzene rings is 1. The van der Waals surface area contributed by atoms with Crippen molar-refractivity contribution in [3.63, 3.8) is 0 Å². The highest BCUT2D eigenvalue weighted by molar-refractivity contribution is 7.89. The molecule has 5 heteroatoms. The summed E-state index contributed by atoms with van der Waals surface area (Å²) in [5.41, 5.74) is 0. The number of sulfonamides is 1. The minimum absolute atomic E-state index is 0.218. The highest BCUT2D eigenvalue weighted by Crippen LogP contribution is 2.15. The lowest BCUT2D eigenvalue weighted by atomic mass is 10.3. The Hall–Kier alpha value is -1.33. The van der Waals surface area contributed by atoms with Gasteiger partial charge in [-0.15, -0.1) is 0 Å². The Labute approximate surface area is 89.6 Å². The summed E-state index contributed by atoms with van der Waals surface area (Å²) >= 11 is 0. The molecule has 0 aliphatic heterocycles. The maximum absolute atomic E-state index is 11.4. The van der Waals surface area contributed by atoms with E-state index >= 15 is 0 Å². The molecular weight excluding hydrogens is 214 g/mol. The lowest BCUT2D eigenvalue weighted by molar-refractivity contribution is 0.363. The highest BCUT2D eigenvalue weighted by atomic mass is 32.2. The Kier molecular flexibility index (Phi) is 3.88.